The molecule has 0 saturated heterocycles. The van der Waals surface area contributed by atoms with Gasteiger partial charge in [-0.2, -0.15) is 0 Å². The Morgan fingerprint density at radius 3 is 2.27 bits per heavy atom. The molecule has 0 fully saturated rings. The van der Waals surface area contributed by atoms with Crippen molar-refractivity contribution in [1.82, 2.24) is 4.90 Å². The smallest absolute Gasteiger partial charge is 0.0438 e. The molecule has 0 spiro atoms. The molecule has 0 bridgehead atoms. The maximum atomic E-state index is 6.10. The van der Waals surface area contributed by atoms with Crippen LogP contribution in [0.1, 0.15) is 36.1 Å². The Hall–Kier alpha value is -0.530. The Labute approximate surface area is 98.0 Å². The molecule has 0 N–H and O–H groups in total. The lowest BCUT2D eigenvalue weighted by Gasteiger charge is -2.25. The molecule has 0 aliphatic heterocycles. The lowest BCUT2D eigenvalue weighted by Crippen LogP contribution is -2.20. The van der Waals surface area contributed by atoms with Crippen LogP contribution in [0.4, 0.5) is 0 Å². The van der Waals surface area contributed by atoms with Crippen LogP contribution in [0.5, 0.6) is 0 Å². The van der Waals surface area contributed by atoms with E-state index in [2.05, 4.69) is 51.9 Å². The van der Waals surface area contributed by atoms with E-state index in [9.17, 15) is 0 Å². The van der Waals surface area contributed by atoms with E-state index < -0.39 is 0 Å². The molecule has 1 rings (SSSR count). The Balaban J connectivity index is 3.18. The van der Waals surface area contributed by atoms with Crippen LogP contribution < -0.4 is 0 Å². The summed E-state index contributed by atoms with van der Waals surface area (Å²) in [6.45, 7) is 6.41. The molecule has 0 amide bonds. The summed E-state index contributed by atoms with van der Waals surface area (Å²) in [5, 5.41) is 0.866. The van der Waals surface area contributed by atoms with Gasteiger partial charge in [-0.05, 0) is 57.1 Å². The normalized spacial score (nSPS) is 13.3. The molecule has 1 nitrogen and oxygen atoms in total. The summed E-state index contributed by atoms with van der Waals surface area (Å²) in [4.78, 5) is 2.26. The molecule has 1 aromatic rings. The fourth-order valence-corrected chi connectivity index (χ4v) is 2.24. The highest BCUT2D eigenvalue weighted by Gasteiger charge is 2.15. The summed E-state index contributed by atoms with van der Waals surface area (Å²) in [7, 11) is 4.25. The van der Waals surface area contributed by atoms with E-state index in [4.69, 9.17) is 11.6 Å². The monoisotopic (exact) mass is 225 g/mol. The van der Waals surface area contributed by atoms with Gasteiger partial charge in [0.05, 0.1) is 0 Å². The summed E-state index contributed by atoms with van der Waals surface area (Å²) >= 11 is 6.10. The predicted molar refractivity (Wildman–Crippen MR) is 67.6 cm³/mol. The predicted octanol–water partition coefficient (Wildman–Crippen LogP) is 3.97. The largest absolute Gasteiger partial charge is 0.302 e. The fraction of sp³-hybridized carbons (Fsp3) is 0.538. The van der Waals surface area contributed by atoms with Crippen molar-refractivity contribution in [2.45, 2.75) is 33.2 Å². The van der Waals surface area contributed by atoms with Crippen molar-refractivity contribution in [3.05, 3.63) is 33.8 Å². The van der Waals surface area contributed by atoms with Gasteiger partial charge in [0.2, 0.25) is 0 Å². The fourth-order valence-electron chi connectivity index (χ4n) is 2.03. The maximum absolute atomic E-state index is 6.10. The number of rotatable bonds is 3. The quantitative estimate of drug-likeness (QED) is 0.753. The summed E-state index contributed by atoms with van der Waals surface area (Å²) in [6, 6.07) is 4.77. The Morgan fingerprint density at radius 2 is 1.80 bits per heavy atom. The Bertz CT molecular complexity index is 345. The number of halogens is 1. The van der Waals surface area contributed by atoms with Crippen LogP contribution in [0, 0.1) is 13.8 Å². The molecule has 84 valence electrons. The zero-order chi connectivity index (χ0) is 11.6. The van der Waals surface area contributed by atoms with Gasteiger partial charge in [-0.15, -0.1) is 0 Å². The van der Waals surface area contributed by atoms with Gasteiger partial charge in [0.15, 0.2) is 0 Å². The second-order valence-corrected chi connectivity index (χ2v) is 4.75. The van der Waals surface area contributed by atoms with E-state index in [0.29, 0.717) is 6.04 Å². The van der Waals surface area contributed by atoms with Crippen molar-refractivity contribution >= 4 is 11.6 Å². The highest BCUT2D eigenvalue weighted by Crippen LogP contribution is 2.29. The first-order chi connectivity index (χ1) is 6.97. The summed E-state index contributed by atoms with van der Waals surface area (Å²) in [5.41, 5.74) is 3.84. The molecule has 0 aromatic heterocycles. The van der Waals surface area contributed by atoms with Crippen molar-refractivity contribution < 1.29 is 0 Å². The number of benzene rings is 1. The molecule has 0 saturated carbocycles. The molecule has 2 heteroatoms. The zero-order valence-electron chi connectivity index (χ0n) is 10.3. The minimum absolute atomic E-state index is 0.487. The van der Waals surface area contributed by atoms with Gasteiger partial charge in [-0.25, -0.2) is 0 Å². The number of hydrogen-bond donors (Lipinski definition) is 0. The van der Waals surface area contributed by atoms with Crippen LogP contribution in [0.3, 0.4) is 0 Å². The lowest BCUT2D eigenvalue weighted by atomic mass is 9.96. The number of nitrogens with zero attached hydrogens (tertiary/aromatic N) is 1. The average molecular weight is 226 g/mol. The highest BCUT2D eigenvalue weighted by atomic mass is 35.5. The van der Waals surface area contributed by atoms with Gasteiger partial charge in [0, 0.05) is 11.1 Å². The molecule has 1 unspecified atom stereocenters. The van der Waals surface area contributed by atoms with Crippen LogP contribution in [0.15, 0.2) is 12.1 Å². The van der Waals surface area contributed by atoms with Crippen LogP contribution in [-0.4, -0.2) is 19.0 Å². The van der Waals surface area contributed by atoms with Gasteiger partial charge >= 0.3 is 0 Å². The maximum Gasteiger partial charge on any atom is 0.0438 e. The van der Waals surface area contributed by atoms with Crippen molar-refractivity contribution in [3.8, 4) is 0 Å². The molecule has 1 atom stereocenters. The number of aryl methyl sites for hydroxylation is 2. The first-order valence-electron chi connectivity index (χ1n) is 5.40. The summed E-state index contributed by atoms with van der Waals surface area (Å²) in [6.07, 6.45) is 1.12. The average Bonchev–Trinajstić information content (AvgIpc) is 2.14. The summed E-state index contributed by atoms with van der Waals surface area (Å²) < 4.78 is 0. The minimum Gasteiger partial charge on any atom is -0.302 e. The van der Waals surface area contributed by atoms with Crippen LogP contribution in [0.25, 0.3) is 0 Å². The van der Waals surface area contributed by atoms with Crippen molar-refractivity contribution in [2.75, 3.05) is 14.1 Å². The van der Waals surface area contributed by atoms with Crippen LogP contribution >= 0.6 is 11.6 Å². The van der Waals surface area contributed by atoms with E-state index in [1.165, 1.54) is 11.1 Å². The van der Waals surface area contributed by atoms with Crippen molar-refractivity contribution in [2.24, 2.45) is 0 Å². The van der Waals surface area contributed by atoms with Crippen LogP contribution in [0.2, 0.25) is 5.02 Å². The standard InChI is InChI=1S/C13H20ClN/c1-6-13(15(4)5)11-7-10(3)12(14)8-9(11)2/h7-8,13H,6H2,1-5H3. The third-order valence-electron chi connectivity index (χ3n) is 2.92. The second kappa shape index (κ2) is 5.00. The van der Waals surface area contributed by atoms with E-state index >= 15 is 0 Å². The van der Waals surface area contributed by atoms with E-state index in [1.807, 2.05) is 0 Å². The van der Waals surface area contributed by atoms with Gasteiger partial charge < -0.3 is 4.90 Å². The lowest BCUT2D eigenvalue weighted by molar-refractivity contribution is 0.291. The highest BCUT2D eigenvalue weighted by molar-refractivity contribution is 6.31. The first-order valence-corrected chi connectivity index (χ1v) is 5.78. The van der Waals surface area contributed by atoms with Gasteiger partial charge in [-0.3, -0.25) is 0 Å². The SMILES string of the molecule is CCC(c1cc(C)c(Cl)cc1C)N(C)C. The van der Waals surface area contributed by atoms with E-state index in [-0.39, 0.29) is 0 Å². The first kappa shape index (κ1) is 12.5. The van der Waals surface area contributed by atoms with Crippen LogP contribution in [-0.2, 0) is 0 Å². The molecular weight excluding hydrogens is 206 g/mol. The molecular formula is C13H20ClN. The van der Waals surface area contributed by atoms with Crippen molar-refractivity contribution in [1.29, 1.82) is 0 Å². The topological polar surface area (TPSA) is 3.24 Å². The molecule has 0 aliphatic carbocycles. The molecule has 0 heterocycles. The van der Waals surface area contributed by atoms with Gasteiger partial charge in [0.25, 0.3) is 0 Å². The van der Waals surface area contributed by atoms with Gasteiger partial charge in [0.1, 0.15) is 0 Å². The molecule has 0 radical (unpaired) electrons. The Morgan fingerprint density at radius 1 is 1.20 bits per heavy atom. The van der Waals surface area contributed by atoms with E-state index in [1.54, 1.807) is 0 Å². The molecule has 1 aromatic carbocycles. The van der Waals surface area contributed by atoms with Gasteiger partial charge in [-0.1, -0.05) is 24.6 Å². The Kier molecular flexibility index (Phi) is 4.18. The third-order valence-corrected chi connectivity index (χ3v) is 3.32. The molecule has 0 aliphatic rings. The second-order valence-electron chi connectivity index (χ2n) is 4.35. The summed E-state index contributed by atoms with van der Waals surface area (Å²) in [5.74, 6) is 0. The molecule has 15 heavy (non-hydrogen) atoms. The van der Waals surface area contributed by atoms with E-state index in [0.717, 1.165) is 17.0 Å². The zero-order valence-corrected chi connectivity index (χ0v) is 11.0. The number of hydrogen-bond acceptors (Lipinski definition) is 1. The third kappa shape index (κ3) is 2.73. The minimum atomic E-state index is 0.487. The van der Waals surface area contributed by atoms with Crippen molar-refractivity contribution in [3.63, 3.8) is 0 Å².